The number of hydrogen-bond donors (Lipinski definition) is 3. The van der Waals surface area contributed by atoms with E-state index in [0.29, 0.717) is 25.1 Å². The van der Waals surface area contributed by atoms with Crippen LogP contribution in [0.5, 0.6) is 0 Å². The molecule has 0 bridgehead atoms. The number of halogens is 1. The molecule has 1 aliphatic heterocycles. The molecule has 100 valence electrons. The van der Waals surface area contributed by atoms with E-state index in [1.54, 1.807) is 29.4 Å². The maximum atomic E-state index is 12.1. The molecule has 1 aromatic rings. The zero-order chi connectivity index (χ0) is 13.1. The summed E-state index contributed by atoms with van der Waals surface area (Å²) >= 11 is -2.68. The number of pyridine rings is 1. The van der Waals surface area contributed by atoms with Crippen molar-refractivity contribution in [3.05, 3.63) is 30.1 Å². The normalized spacial score (nSPS) is 21.8. The predicted molar refractivity (Wildman–Crippen MR) is 75.0 cm³/mol. The minimum atomic E-state index is -2.68. The Morgan fingerprint density at radius 2 is 2.22 bits per heavy atom. The third kappa shape index (κ3) is 2.97. The second-order valence-electron chi connectivity index (χ2n) is 4.10. The van der Waals surface area contributed by atoms with Crippen molar-refractivity contribution in [3.8, 4) is 0 Å². The Morgan fingerprint density at radius 1 is 1.56 bits per heavy atom. The van der Waals surface area contributed by atoms with Crippen molar-refractivity contribution in [1.29, 1.82) is 0 Å². The summed E-state index contributed by atoms with van der Waals surface area (Å²) in [4.78, 5) is 17.5. The molecule has 0 aromatic carbocycles. The number of alkyl halides is 1. The van der Waals surface area contributed by atoms with Crippen molar-refractivity contribution in [3.63, 3.8) is 0 Å². The van der Waals surface area contributed by atoms with Crippen molar-refractivity contribution < 1.29 is 15.0 Å². The van der Waals surface area contributed by atoms with Gasteiger partial charge >= 0.3 is 113 Å². The van der Waals surface area contributed by atoms with E-state index in [1.807, 2.05) is 0 Å². The first kappa shape index (κ1) is 13.7. The molecule has 7 heteroatoms. The molecule has 0 spiro atoms. The van der Waals surface area contributed by atoms with Crippen LogP contribution >= 0.6 is 20.1 Å². The topological polar surface area (TPSA) is 99.7 Å². The summed E-state index contributed by atoms with van der Waals surface area (Å²) in [6.07, 6.45) is 3.25. The van der Waals surface area contributed by atoms with Gasteiger partial charge in [0.05, 0.1) is 0 Å². The third-order valence-electron chi connectivity index (χ3n) is 2.80. The first-order chi connectivity index (χ1) is 8.59. The van der Waals surface area contributed by atoms with Crippen LogP contribution in [0, 0.1) is 0 Å². The molecule has 18 heavy (non-hydrogen) atoms. The van der Waals surface area contributed by atoms with Crippen LogP contribution in [0.4, 0.5) is 4.79 Å². The Bertz CT molecular complexity index is 417. The van der Waals surface area contributed by atoms with Gasteiger partial charge in [0.1, 0.15) is 0 Å². The number of β-amino-alcohol motifs (C(OH)–C–C–N with tert-alkyl or cyclic N) is 1. The van der Waals surface area contributed by atoms with E-state index in [2.05, 4.69) is 4.98 Å². The average Bonchev–Trinajstić information content (AvgIpc) is 2.84. The molecular weight excluding hydrogens is 349 g/mol. The molecule has 2 rings (SSSR count). The molecule has 0 unspecified atom stereocenters. The van der Waals surface area contributed by atoms with Crippen LogP contribution in [-0.4, -0.2) is 43.2 Å². The van der Waals surface area contributed by atoms with E-state index in [9.17, 15) is 15.0 Å². The van der Waals surface area contributed by atoms with Crippen molar-refractivity contribution in [2.24, 2.45) is 3.95 Å². The number of nitrogens with two attached hydrogens (primary N) is 1. The van der Waals surface area contributed by atoms with Crippen LogP contribution in [0.2, 0.25) is 0 Å². The van der Waals surface area contributed by atoms with Gasteiger partial charge in [0.25, 0.3) is 0 Å². The number of aliphatic hydroxyl groups excluding tert-OH is 2. The van der Waals surface area contributed by atoms with Gasteiger partial charge in [-0.25, -0.2) is 0 Å². The van der Waals surface area contributed by atoms with Crippen molar-refractivity contribution in [2.75, 3.05) is 13.1 Å². The van der Waals surface area contributed by atoms with Crippen LogP contribution in [0.3, 0.4) is 0 Å². The first-order valence-corrected chi connectivity index (χ1v) is 9.14. The molecule has 2 atom stereocenters. The molecule has 0 radical (unpaired) electrons. The summed E-state index contributed by atoms with van der Waals surface area (Å²) in [6.45, 7) is 0.849. The molecule has 1 aliphatic rings. The summed E-state index contributed by atoms with van der Waals surface area (Å²) in [5.74, 6) is 0. The molecule has 1 saturated heterocycles. The number of likely N-dealkylation sites (tertiary alicyclic amines) is 1. The number of carbonyl (C=O) groups is 1. The van der Waals surface area contributed by atoms with Gasteiger partial charge in [-0.15, -0.1) is 0 Å². The summed E-state index contributed by atoms with van der Waals surface area (Å²) in [5, 5.41) is 19.5. The number of carbonyl (C=O) groups excluding carboxylic acids is 1. The van der Waals surface area contributed by atoms with Gasteiger partial charge in [-0.2, -0.15) is 0 Å². The van der Waals surface area contributed by atoms with E-state index in [1.165, 1.54) is 0 Å². The fourth-order valence-corrected chi connectivity index (χ4v) is 4.71. The molecule has 0 aliphatic carbocycles. The SMILES string of the molecule is NI(C(=O)N1CC[C@@H](O)C1)[C@H](O)c1ccncc1. The third-order valence-corrected chi connectivity index (χ3v) is 6.54. The molecule has 0 saturated carbocycles. The Labute approximate surface area is 113 Å². The molecule has 2 heterocycles. The summed E-state index contributed by atoms with van der Waals surface area (Å²) < 4.78 is 4.85. The number of rotatable bonds is 3. The van der Waals surface area contributed by atoms with Crippen molar-refractivity contribution in [2.45, 2.75) is 16.6 Å². The van der Waals surface area contributed by atoms with E-state index >= 15 is 0 Å². The molecule has 1 amide bonds. The summed E-state index contributed by atoms with van der Waals surface area (Å²) in [7, 11) is 0. The first-order valence-electron chi connectivity index (χ1n) is 5.57. The zero-order valence-corrected chi connectivity index (χ0v) is 11.9. The van der Waals surface area contributed by atoms with E-state index in [0.717, 1.165) is 0 Å². The summed E-state index contributed by atoms with van der Waals surface area (Å²) in [5.41, 5.74) is 0.630. The van der Waals surface area contributed by atoms with Gasteiger partial charge in [0.15, 0.2) is 0 Å². The van der Waals surface area contributed by atoms with Crippen LogP contribution in [-0.2, 0) is 0 Å². The van der Waals surface area contributed by atoms with Crippen molar-refractivity contribution in [1.82, 2.24) is 9.88 Å². The molecule has 1 fully saturated rings. The molecule has 1 aromatic heterocycles. The minimum absolute atomic E-state index is 0.180. The Morgan fingerprint density at radius 3 is 2.78 bits per heavy atom. The standard InChI is InChI=1S/C11H16IN3O3/c13-12(10(17)8-1-4-14-5-2-8)11(18)15-6-3-9(16)7-15/h1-2,4-5,9-10,16-17H,3,6-7,13H2/t9-,10-/m1/s1. The monoisotopic (exact) mass is 365 g/mol. The van der Waals surface area contributed by atoms with Gasteiger partial charge in [0, 0.05) is 0 Å². The van der Waals surface area contributed by atoms with Crippen LogP contribution in [0.25, 0.3) is 0 Å². The van der Waals surface area contributed by atoms with Gasteiger partial charge in [-0.3, -0.25) is 0 Å². The van der Waals surface area contributed by atoms with Crippen LogP contribution in [0.15, 0.2) is 24.5 Å². The van der Waals surface area contributed by atoms with E-state index in [-0.39, 0.29) is 3.91 Å². The Balaban J connectivity index is 2.02. The number of nitrogens with zero attached hydrogens (tertiary/aromatic N) is 2. The van der Waals surface area contributed by atoms with Gasteiger partial charge in [-0.1, -0.05) is 0 Å². The Kier molecular flexibility index (Phi) is 4.49. The number of aliphatic hydroxyl groups is 2. The number of hydrogen-bond acceptors (Lipinski definition) is 5. The fraction of sp³-hybridized carbons (Fsp3) is 0.455. The predicted octanol–water partition coefficient (Wildman–Crippen LogP) is 0.639. The quantitative estimate of drug-likeness (QED) is 0.240. The number of amides is 1. The molecule has 4 N–H and O–H groups in total. The molecular formula is C11H16IN3O3. The second kappa shape index (κ2) is 5.91. The molecule has 6 nitrogen and oxygen atoms in total. The van der Waals surface area contributed by atoms with Gasteiger partial charge < -0.3 is 0 Å². The van der Waals surface area contributed by atoms with Gasteiger partial charge in [-0.05, 0) is 0 Å². The second-order valence-corrected chi connectivity index (χ2v) is 8.17. The van der Waals surface area contributed by atoms with Gasteiger partial charge in [0.2, 0.25) is 0 Å². The maximum absolute atomic E-state index is 12.1. The Hall–Kier alpha value is -0.770. The van der Waals surface area contributed by atoms with Crippen LogP contribution < -0.4 is 3.95 Å². The summed E-state index contributed by atoms with van der Waals surface area (Å²) in [6, 6.07) is 3.32. The number of aromatic nitrogens is 1. The van der Waals surface area contributed by atoms with E-state index < -0.39 is 30.3 Å². The van der Waals surface area contributed by atoms with Crippen molar-refractivity contribution >= 4 is 24.0 Å². The van der Waals surface area contributed by atoms with Crippen LogP contribution in [0.1, 0.15) is 16.1 Å². The zero-order valence-electron chi connectivity index (χ0n) is 9.74. The fourth-order valence-electron chi connectivity index (χ4n) is 1.79. The average molecular weight is 365 g/mol. The van der Waals surface area contributed by atoms with E-state index in [4.69, 9.17) is 3.95 Å².